The molecule has 0 amide bonds. The van der Waals surface area contributed by atoms with E-state index in [2.05, 4.69) is 16.8 Å². The third kappa shape index (κ3) is 3.30. The average molecular weight is 210 g/mol. The number of hydrogen-bond acceptors (Lipinski definition) is 3. The van der Waals surface area contributed by atoms with E-state index in [-0.39, 0.29) is 0 Å². The van der Waals surface area contributed by atoms with Gasteiger partial charge in [-0.3, -0.25) is 4.90 Å². The molecule has 1 atom stereocenters. The van der Waals surface area contributed by atoms with Crippen LogP contribution >= 0.6 is 0 Å². The summed E-state index contributed by atoms with van der Waals surface area (Å²) in [5.41, 5.74) is 1.37. The van der Waals surface area contributed by atoms with Gasteiger partial charge < -0.3 is 10.1 Å². The number of rotatable bonds is 3. The monoisotopic (exact) mass is 210 g/mol. The van der Waals surface area contributed by atoms with Crippen molar-refractivity contribution < 1.29 is 4.74 Å². The molecule has 2 saturated heterocycles. The molecule has 0 aromatic rings. The number of ether oxygens (including phenoxy) is 1. The zero-order chi connectivity index (χ0) is 10.5. The largest absolute Gasteiger partial charge is 0.381 e. The lowest BCUT2D eigenvalue weighted by Crippen LogP contribution is -2.44. The first kappa shape index (κ1) is 11.1. The van der Waals surface area contributed by atoms with Crippen LogP contribution in [0.3, 0.4) is 0 Å². The van der Waals surface area contributed by atoms with Crippen molar-refractivity contribution in [3.63, 3.8) is 0 Å². The van der Waals surface area contributed by atoms with Gasteiger partial charge in [0.15, 0.2) is 0 Å². The second-order valence-electron chi connectivity index (χ2n) is 4.60. The molecule has 2 aliphatic heterocycles. The molecule has 3 heteroatoms. The third-order valence-corrected chi connectivity index (χ3v) is 3.37. The Balaban J connectivity index is 1.74. The summed E-state index contributed by atoms with van der Waals surface area (Å²) in [6, 6.07) is 0. The van der Waals surface area contributed by atoms with Crippen LogP contribution in [-0.2, 0) is 4.74 Å². The maximum Gasteiger partial charge on any atom is 0.0531 e. The van der Waals surface area contributed by atoms with E-state index in [1.165, 1.54) is 18.4 Å². The van der Waals surface area contributed by atoms with Crippen LogP contribution < -0.4 is 5.32 Å². The number of nitrogens with one attached hydrogen (secondary N) is 1. The first-order valence-corrected chi connectivity index (χ1v) is 6.05. The lowest BCUT2D eigenvalue weighted by atomic mass is 9.94. The maximum absolute atomic E-state index is 5.50. The highest BCUT2D eigenvalue weighted by Gasteiger charge is 2.19. The van der Waals surface area contributed by atoms with Crippen LogP contribution in [0.15, 0.2) is 12.2 Å². The van der Waals surface area contributed by atoms with E-state index in [1.807, 2.05) is 0 Å². The van der Waals surface area contributed by atoms with Crippen molar-refractivity contribution in [3.8, 4) is 0 Å². The van der Waals surface area contributed by atoms with Crippen molar-refractivity contribution in [1.29, 1.82) is 0 Å². The Labute approximate surface area is 92.5 Å². The van der Waals surface area contributed by atoms with Gasteiger partial charge in [-0.25, -0.2) is 0 Å². The topological polar surface area (TPSA) is 24.5 Å². The molecule has 0 spiro atoms. The van der Waals surface area contributed by atoms with Gasteiger partial charge in [-0.2, -0.15) is 0 Å². The minimum absolute atomic E-state index is 0.605. The van der Waals surface area contributed by atoms with Crippen molar-refractivity contribution in [2.75, 3.05) is 45.9 Å². The number of hydrogen-bond donors (Lipinski definition) is 1. The first-order valence-electron chi connectivity index (χ1n) is 6.05. The lowest BCUT2D eigenvalue weighted by molar-refractivity contribution is 0.0644. The Hall–Kier alpha value is -0.380. The fraction of sp³-hybridized carbons (Fsp3) is 0.833. The van der Waals surface area contributed by atoms with Gasteiger partial charge in [-0.05, 0) is 12.8 Å². The molecular formula is C12H22N2O. The Morgan fingerprint density at radius 2 is 2.20 bits per heavy atom. The Morgan fingerprint density at radius 3 is 2.87 bits per heavy atom. The van der Waals surface area contributed by atoms with E-state index in [1.54, 1.807) is 0 Å². The highest BCUT2D eigenvalue weighted by atomic mass is 16.5. The molecule has 0 bridgehead atoms. The fourth-order valence-electron chi connectivity index (χ4n) is 2.35. The van der Waals surface area contributed by atoms with Crippen molar-refractivity contribution in [1.82, 2.24) is 10.2 Å². The van der Waals surface area contributed by atoms with Gasteiger partial charge in [-0.1, -0.05) is 12.2 Å². The standard InChI is InChI=1S/C12H22N2O/c1-11(12-3-2-8-15-10-12)9-14-6-4-13-5-7-14/h12-13H,1-10H2. The molecule has 86 valence electrons. The first-order chi connectivity index (χ1) is 7.36. The van der Waals surface area contributed by atoms with Crippen LogP contribution in [0.2, 0.25) is 0 Å². The molecule has 0 saturated carbocycles. The molecule has 0 aromatic carbocycles. The summed E-state index contributed by atoms with van der Waals surface area (Å²) >= 11 is 0. The molecule has 0 aliphatic carbocycles. The van der Waals surface area contributed by atoms with Gasteiger partial charge in [0.2, 0.25) is 0 Å². The van der Waals surface area contributed by atoms with E-state index in [0.717, 1.165) is 45.9 Å². The second-order valence-corrected chi connectivity index (χ2v) is 4.60. The molecule has 2 aliphatic rings. The van der Waals surface area contributed by atoms with Gasteiger partial charge in [0.25, 0.3) is 0 Å². The van der Waals surface area contributed by atoms with Gasteiger partial charge in [0, 0.05) is 45.2 Å². The van der Waals surface area contributed by atoms with Crippen molar-refractivity contribution >= 4 is 0 Å². The number of piperazine rings is 1. The van der Waals surface area contributed by atoms with Crippen LogP contribution in [0.4, 0.5) is 0 Å². The summed E-state index contributed by atoms with van der Waals surface area (Å²) in [6.07, 6.45) is 2.47. The zero-order valence-corrected chi connectivity index (χ0v) is 9.50. The van der Waals surface area contributed by atoms with Crippen LogP contribution in [0.1, 0.15) is 12.8 Å². The predicted molar refractivity (Wildman–Crippen MR) is 62.0 cm³/mol. The summed E-state index contributed by atoms with van der Waals surface area (Å²) in [6.45, 7) is 11.7. The van der Waals surface area contributed by atoms with E-state index in [0.29, 0.717) is 5.92 Å². The summed E-state index contributed by atoms with van der Waals surface area (Å²) in [7, 11) is 0. The molecule has 2 fully saturated rings. The highest BCUT2D eigenvalue weighted by Crippen LogP contribution is 2.21. The molecule has 0 radical (unpaired) electrons. The summed E-state index contributed by atoms with van der Waals surface area (Å²) < 4.78 is 5.50. The van der Waals surface area contributed by atoms with Gasteiger partial charge in [0.05, 0.1) is 6.61 Å². The molecule has 1 unspecified atom stereocenters. The number of nitrogens with zero attached hydrogens (tertiary/aromatic N) is 1. The fourth-order valence-corrected chi connectivity index (χ4v) is 2.35. The molecule has 3 nitrogen and oxygen atoms in total. The van der Waals surface area contributed by atoms with Gasteiger partial charge in [-0.15, -0.1) is 0 Å². The minimum Gasteiger partial charge on any atom is -0.381 e. The van der Waals surface area contributed by atoms with E-state index in [9.17, 15) is 0 Å². The second kappa shape index (κ2) is 5.64. The van der Waals surface area contributed by atoms with Crippen molar-refractivity contribution in [3.05, 3.63) is 12.2 Å². The van der Waals surface area contributed by atoms with Crippen LogP contribution in [0.5, 0.6) is 0 Å². The maximum atomic E-state index is 5.50. The minimum atomic E-state index is 0.605. The quantitative estimate of drug-likeness (QED) is 0.700. The van der Waals surface area contributed by atoms with E-state index in [4.69, 9.17) is 4.74 Å². The predicted octanol–water partition coefficient (Wildman–Crippen LogP) is 0.874. The summed E-state index contributed by atoms with van der Waals surface area (Å²) in [5, 5.41) is 3.37. The van der Waals surface area contributed by atoms with Crippen LogP contribution in [-0.4, -0.2) is 50.8 Å². The van der Waals surface area contributed by atoms with Crippen molar-refractivity contribution in [2.45, 2.75) is 12.8 Å². The van der Waals surface area contributed by atoms with Crippen molar-refractivity contribution in [2.24, 2.45) is 5.92 Å². The molecule has 1 N–H and O–H groups in total. The summed E-state index contributed by atoms with van der Waals surface area (Å²) in [4.78, 5) is 2.49. The third-order valence-electron chi connectivity index (χ3n) is 3.37. The van der Waals surface area contributed by atoms with E-state index >= 15 is 0 Å². The van der Waals surface area contributed by atoms with Crippen LogP contribution in [0, 0.1) is 5.92 Å². The van der Waals surface area contributed by atoms with Crippen LogP contribution in [0.25, 0.3) is 0 Å². The molecule has 2 heterocycles. The van der Waals surface area contributed by atoms with Gasteiger partial charge in [0.1, 0.15) is 0 Å². The van der Waals surface area contributed by atoms with E-state index < -0.39 is 0 Å². The molecule has 0 aromatic heterocycles. The SMILES string of the molecule is C=C(CN1CCNCC1)C1CCCOC1. The normalized spacial score (nSPS) is 28.9. The lowest BCUT2D eigenvalue weighted by Gasteiger charge is -2.31. The zero-order valence-electron chi connectivity index (χ0n) is 9.50. The molecule has 2 rings (SSSR count). The summed E-state index contributed by atoms with van der Waals surface area (Å²) in [5.74, 6) is 0.605. The Kier molecular flexibility index (Phi) is 4.18. The Bertz CT molecular complexity index is 206. The smallest absolute Gasteiger partial charge is 0.0531 e. The van der Waals surface area contributed by atoms with Gasteiger partial charge >= 0.3 is 0 Å². The Morgan fingerprint density at radius 1 is 1.40 bits per heavy atom. The molecular weight excluding hydrogens is 188 g/mol. The molecule has 15 heavy (non-hydrogen) atoms. The average Bonchev–Trinajstić information content (AvgIpc) is 2.31. The highest BCUT2D eigenvalue weighted by molar-refractivity contribution is 5.04.